The Bertz CT molecular complexity index is 1280. The number of carbonyl (C=O) groups is 1. The number of hydrogen-bond donors (Lipinski definition) is 0. The van der Waals surface area contributed by atoms with Crippen molar-refractivity contribution < 1.29 is 9.53 Å². The third kappa shape index (κ3) is 4.19. The largest absolute Gasteiger partial charge is 0.494 e. The maximum atomic E-state index is 12.8. The van der Waals surface area contributed by atoms with Crippen LogP contribution < -0.4 is 9.64 Å². The second-order valence-corrected chi connectivity index (χ2v) is 8.02. The van der Waals surface area contributed by atoms with Crippen LogP contribution in [0.25, 0.3) is 16.9 Å². The molecule has 1 aliphatic rings. The van der Waals surface area contributed by atoms with Gasteiger partial charge >= 0.3 is 0 Å². The number of piperazine rings is 1. The lowest BCUT2D eigenvalue weighted by Crippen LogP contribution is -2.49. The number of nitrogens with zero attached hydrogens (tertiary/aromatic N) is 7. The maximum Gasteiger partial charge on any atom is 0.254 e. The Balaban J connectivity index is 1.34. The summed E-state index contributed by atoms with van der Waals surface area (Å²) in [6.07, 6.45) is 1.52. The zero-order valence-corrected chi connectivity index (χ0v) is 18.8. The van der Waals surface area contributed by atoms with E-state index in [1.165, 1.54) is 6.33 Å². The van der Waals surface area contributed by atoms with Crippen LogP contribution in [0.3, 0.4) is 0 Å². The standard InChI is InChI=1S/C23H22ClN7O2/c1-2-33-19-8-6-18(7-9-19)31-22-20(27-28-31)21(25-15-26-22)29-10-12-30(13-11-29)23(32)16-4-3-5-17(24)14-16/h3-9,14-15H,2,10-13H2,1H3. The molecule has 0 spiro atoms. The zero-order valence-electron chi connectivity index (χ0n) is 18.1. The fraction of sp³-hybridized carbons (Fsp3) is 0.261. The molecule has 10 heteroatoms. The van der Waals surface area contributed by atoms with E-state index >= 15 is 0 Å². The molecule has 9 nitrogen and oxygen atoms in total. The molecule has 1 amide bonds. The van der Waals surface area contributed by atoms with Crippen LogP contribution in [-0.4, -0.2) is 68.6 Å². The highest BCUT2D eigenvalue weighted by Crippen LogP contribution is 2.25. The van der Waals surface area contributed by atoms with E-state index in [2.05, 4.69) is 25.2 Å². The maximum absolute atomic E-state index is 12.8. The SMILES string of the molecule is CCOc1ccc(-n2nnc3c(N4CCN(C(=O)c5cccc(Cl)c5)CC4)ncnc32)cc1. The van der Waals surface area contributed by atoms with Crippen LogP contribution in [-0.2, 0) is 0 Å². The van der Waals surface area contributed by atoms with E-state index in [1.807, 2.05) is 36.1 Å². The molecule has 1 saturated heterocycles. The average Bonchev–Trinajstić information content (AvgIpc) is 3.29. The number of benzene rings is 2. The Hall–Kier alpha value is -3.72. The van der Waals surface area contributed by atoms with Gasteiger partial charge in [-0.2, -0.15) is 4.68 Å². The molecule has 2 aromatic heterocycles. The van der Waals surface area contributed by atoms with Crippen LogP contribution in [0.2, 0.25) is 5.02 Å². The number of hydrogen-bond acceptors (Lipinski definition) is 7. The molecule has 0 unspecified atom stereocenters. The minimum atomic E-state index is -0.0218. The molecule has 1 fully saturated rings. The minimum Gasteiger partial charge on any atom is -0.494 e. The van der Waals surface area contributed by atoms with Gasteiger partial charge in [-0.1, -0.05) is 22.9 Å². The van der Waals surface area contributed by atoms with E-state index in [0.29, 0.717) is 60.4 Å². The highest BCUT2D eigenvalue weighted by atomic mass is 35.5. The summed E-state index contributed by atoms with van der Waals surface area (Å²) in [6, 6.07) is 14.7. The van der Waals surface area contributed by atoms with E-state index in [4.69, 9.17) is 16.3 Å². The number of aromatic nitrogens is 5. The molecule has 168 valence electrons. The van der Waals surface area contributed by atoms with Crippen molar-refractivity contribution in [2.24, 2.45) is 0 Å². The van der Waals surface area contributed by atoms with Crippen LogP contribution >= 0.6 is 11.6 Å². The fourth-order valence-electron chi connectivity index (χ4n) is 3.92. The van der Waals surface area contributed by atoms with Crippen molar-refractivity contribution >= 4 is 34.5 Å². The molecule has 1 aliphatic heterocycles. The van der Waals surface area contributed by atoms with Gasteiger partial charge in [-0.3, -0.25) is 4.79 Å². The van der Waals surface area contributed by atoms with E-state index in [1.54, 1.807) is 28.9 Å². The Morgan fingerprint density at radius 3 is 2.58 bits per heavy atom. The first-order chi connectivity index (χ1) is 16.1. The van der Waals surface area contributed by atoms with E-state index in [0.717, 1.165) is 11.4 Å². The molecule has 0 aliphatic carbocycles. The lowest BCUT2D eigenvalue weighted by atomic mass is 10.2. The Morgan fingerprint density at radius 1 is 1.06 bits per heavy atom. The second kappa shape index (κ2) is 9.03. The molecule has 0 radical (unpaired) electrons. The summed E-state index contributed by atoms with van der Waals surface area (Å²) in [5, 5.41) is 9.22. The molecule has 0 bridgehead atoms. The molecule has 0 N–H and O–H groups in total. The van der Waals surface area contributed by atoms with Crippen LogP contribution in [0.1, 0.15) is 17.3 Å². The Kier molecular flexibility index (Phi) is 5.78. The normalized spacial score (nSPS) is 14.0. The number of fused-ring (bicyclic) bond motifs is 1. The van der Waals surface area contributed by atoms with Crippen molar-refractivity contribution in [3.8, 4) is 11.4 Å². The summed E-state index contributed by atoms with van der Waals surface area (Å²) in [7, 11) is 0. The lowest BCUT2D eigenvalue weighted by Gasteiger charge is -2.35. The van der Waals surface area contributed by atoms with Crippen LogP contribution in [0.15, 0.2) is 54.9 Å². The van der Waals surface area contributed by atoms with Crippen LogP contribution in [0.4, 0.5) is 5.82 Å². The van der Waals surface area contributed by atoms with Gasteiger partial charge in [-0.15, -0.1) is 5.10 Å². The van der Waals surface area contributed by atoms with Crippen molar-refractivity contribution in [2.75, 3.05) is 37.7 Å². The van der Waals surface area contributed by atoms with Crippen molar-refractivity contribution in [1.82, 2.24) is 29.9 Å². The molecule has 5 rings (SSSR count). The first-order valence-corrected chi connectivity index (χ1v) is 11.1. The van der Waals surface area contributed by atoms with Gasteiger partial charge in [0.15, 0.2) is 17.0 Å². The molecule has 3 heterocycles. The third-order valence-corrected chi connectivity index (χ3v) is 5.78. The number of carbonyl (C=O) groups excluding carboxylic acids is 1. The van der Waals surface area contributed by atoms with E-state index < -0.39 is 0 Å². The molecular weight excluding hydrogens is 442 g/mol. The van der Waals surface area contributed by atoms with Gasteiger partial charge in [0.25, 0.3) is 5.91 Å². The molecule has 0 saturated carbocycles. The summed E-state index contributed by atoms with van der Waals surface area (Å²) in [6.45, 7) is 4.97. The fourth-order valence-corrected chi connectivity index (χ4v) is 4.11. The van der Waals surface area contributed by atoms with E-state index in [-0.39, 0.29) is 5.91 Å². The number of anilines is 1. The third-order valence-electron chi connectivity index (χ3n) is 5.55. The summed E-state index contributed by atoms with van der Waals surface area (Å²) in [5.41, 5.74) is 2.68. The van der Waals surface area contributed by atoms with Gasteiger partial charge in [-0.25, -0.2) is 9.97 Å². The summed E-state index contributed by atoms with van der Waals surface area (Å²) < 4.78 is 7.20. The van der Waals surface area contributed by atoms with Gasteiger partial charge in [0.05, 0.1) is 12.3 Å². The smallest absolute Gasteiger partial charge is 0.254 e. The zero-order chi connectivity index (χ0) is 22.8. The van der Waals surface area contributed by atoms with Crippen molar-refractivity contribution in [3.63, 3.8) is 0 Å². The second-order valence-electron chi connectivity index (χ2n) is 7.59. The molecule has 33 heavy (non-hydrogen) atoms. The van der Waals surface area contributed by atoms with Gasteiger partial charge in [-0.05, 0) is 49.4 Å². The van der Waals surface area contributed by atoms with Gasteiger partial charge in [0.2, 0.25) is 0 Å². The predicted molar refractivity (Wildman–Crippen MR) is 125 cm³/mol. The molecule has 2 aromatic carbocycles. The highest BCUT2D eigenvalue weighted by Gasteiger charge is 2.25. The summed E-state index contributed by atoms with van der Waals surface area (Å²) >= 11 is 6.04. The molecule has 4 aromatic rings. The minimum absolute atomic E-state index is 0.0218. The number of ether oxygens (including phenoxy) is 1. The van der Waals surface area contributed by atoms with Gasteiger partial charge in [0.1, 0.15) is 12.1 Å². The van der Waals surface area contributed by atoms with Crippen LogP contribution in [0, 0.1) is 0 Å². The molecular formula is C23H22ClN7O2. The lowest BCUT2D eigenvalue weighted by molar-refractivity contribution is 0.0746. The van der Waals surface area contributed by atoms with Crippen molar-refractivity contribution in [1.29, 1.82) is 0 Å². The summed E-state index contributed by atoms with van der Waals surface area (Å²) in [5.74, 6) is 1.49. The average molecular weight is 464 g/mol. The number of amides is 1. The van der Waals surface area contributed by atoms with E-state index in [9.17, 15) is 4.79 Å². The molecule has 0 atom stereocenters. The quantitative estimate of drug-likeness (QED) is 0.449. The summed E-state index contributed by atoms with van der Waals surface area (Å²) in [4.78, 5) is 25.7. The Morgan fingerprint density at radius 2 is 1.85 bits per heavy atom. The predicted octanol–water partition coefficient (Wildman–Crippen LogP) is 3.23. The van der Waals surface area contributed by atoms with Crippen LogP contribution in [0.5, 0.6) is 5.75 Å². The first kappa shape index (κ1) is 21.1. The first-order valence-electron chi connectivity index (χ1n) is 10.7. The van der Waals surface area contributed by atoms with Gasteiger partial charge in [0, 0.05) is 36.8 Å². The van der Waals surface area contributed by atoms with Crippen molar-refractivity contribution in [2.45, 2.75) is 6.92 Å². The van der Waals surface area contributed by atoms with Gasteiger partial charge < -0.3 is 14.5 Å². The monoisotopic (exact) mass is 463 g/mol. The highest BCUT2D eigenvalue weighted by molar-refractivity contribution is 6.30. The Labute approximate surface area is 195 Å². The number of rotatable bonds is 5. The number of halogens is 1. The topological polar surface area (TPSA) is 89.3 Å². The van der Waals surface area contributed by atoms with Crippen molar-refractivity contribution in [3.05, 3.63) is 65.4 Å².